The maximum Gasteiger partial charge on any atom is 0.0446 e. The van der Waals surface area contributed by atoms with Crippen LogP contribution < -0.4 is 0 Å². The third-order valence-electron chi connectivity index (χ3n) is 5.22. The van der Waals surface area contributed by atoms with Crippen molar-refractivity contribution >= 4 is 11.8 Å². The van der Waals surface area contributed by atoms with Crippen LogP contribution in [0.5, 0.6) is 0 Å². The van der Waals surface area contributed by atoms with Gasteiger partial charge in [-0.2, -0.15) is 0 Å². The molecular weight excluding hydrogens is 340 g/mol. The van der Waals surface area contributed by atoms with Crippen LogP contribution in [-0.4, -0.2) is 60.0 Å². The summed E-state index contributed by atoms with van der Waals surface area (Å²) in [5, 5.41) is 9.52. The zero-order chi connectivity index (χ0) is 18.2. The van der Waals surface area contributed by atoms with Gasteiger partial charge in [-0.1, -0.05) is 42.5 Å². The van der Waals surface area contributed by atoms with Crippen molar-refractivity contribution in [1.29, 1.82) is 0 Å². The maximum atomic E-state index is 9.52. The molecule has 26 heavy (non-hydrogen) atoms. The van der Waals surface area contributed by atoms with E-state index in [1.807, 2.05) is 0 Å². The molecule has 0 bridgehead atoms. The van der Waals surface area contributed by atoms with Gasteiger partial charge in [-0.05, 0) is 42.4 Å². The van der Waals surface area contributed by atoms with Crippen molar-refractivity contribution in [2.75, 3.05) is 39.0 Å². The van der Waals surface area contributed by atoms with Crippen LogP contribution in [0.25, 0.3) is 0 Å². The van der Waals surface area contributed by atoms with E-state index in [-0.39, 0.29) is 6.61 Å². The first-order chi connectivity index (χ1) is 12.8. The lowest BCUT2D eigenvalue weighted by Crippen LogP contribution is -2.53. The summed E-state index contributed by atoms with van der Waals surface area (Å²) in [6.45, 7) is 5.56. The van der Waals surface area contributed by atoms with Gasteiger partial charge in [0.05, 0.1) is 0 Å². The summed E-state index contributed by atoms with van der Waals surface area (Å²) in [6.07, 6.45) is 4.07. The van der Waals surface area contributed by atoms with Crippen LogP contribution in [0.1, 0.15) is 17.5 Å². The zero-order valence-corrected chi connectivity index (χ0v) is 16.5. The third-order valence-corrected chi connectivity index (χ3v) is 5.95. The second-order valence-corrected chi connectivity index (χ2v) is 7.90. The van der Waals surface area contributed by atoms with Gasteiger partial charge in [0.15, 0.2) is 0 Å². The van der Waals surface area contributed by atoms with Crippen molar-refractivity contribution in [1.82, 2.24) is 9.80 Å². The monoisotopic (exact) mass is 370 g/mol. The smallest absolute Gasteiger partial charge is 0.0446 e. The van der Waals surface area contributed by atoms with Gasteiger partial charge in [0.2, 0.25) is 0 Å². The molecule has 1 saturated heterocycles. The molecule has 4 heteroatoms. The molecule has 1 N–H and O–H groups in total. The number of hydrogen-bond acceptors (Lipinski definition) is 4. The standard InChI is InChI=1S/C22H30N2OS/c1-26-22-9-5-8-20(16-22)17-23-13-14-24(21(18-23)11-15-25)12-10-19-6-3-2-4-7-19/h2-9,16,21,25H,10-15,17-18H2,1H3. The molecule has 2 aromatic carbocycles. The SMILES string of the molecule is CSc1cccc(CN2CCN(CCc3ccccc3)C(CCO)C2)c1. The summed E-state index contributed by atoms with van der Waals surface area (Å²) in [6, 6.07) is 20.0. The molecule has 3 rings (SSSR count). The highest BCUT2D eigenvalue weighted by Crippen LogP contribution is 2.20. The quantitative estimate of drug-likeness (QED) is 0.719. The molecule has 1 aliphatic heterocycles. The fourth-order valence-electron chi connectivity index (χ4n) is 3.76. The summed E-state index contributed by atoms with van der Waals surface area (Å²) < 4.78 is 0. The van der Waals surface area contributed by atoms with Crippen molar-refractivity contribution < 1.29 is 5.11 Å². The van der Waals surface area contributed by atoms with E-state index in [0.29, 0.717) is 6.04 Å². The summed E-state index contributed by atoms with van der Waals surface area (Å²) in [5.74, 6) is 0. The second kappa shape index (κ2) is 10.1. The molecule has 0 spiro atoms. The molecule has 1 fully saturated rings. The Labute approximate surface area is 162 Å². The van der Waals surface area contributed by atoms with Gasteiger partial charge < -0.3 is 5.11 Å². The molecule has 1 heterocycles. The van der Waals surface area contributed by atoms with E-state index in [0.717, 1.165) is 45.6 Å². The molecule has 0 radical (unpaired) electrons. The summed E-state index contributed by atoms with van der Waals surface area (Å²) in [5.41, 5.74) is 2.78. The lowest BCUT2D eigenvalue weighted by Gasteiger charge is -2.41. The second-order valence-electron chi connectivity index (χ2n) is 7.02. The van der Waals surface area contributed by atoms with Gasteiger partial charge in [-0.25, -0.2) is 0 Å². The van der Waals surface area contributed by atoms with Crippen LogP contribution in [0.2, 0.25) is 0 Å². The van der Waals surface area contributed by atoms with E-state index in [1.165, 1.54) is 16.0 Å². The van der Waals surface area contributed by atoms with Gasteiger partial charge >= 0.3 is 0 Å². The van der Waals surface area contributed by atoms with Crippen molar-refractivity contribution in [2.24, 2.45) is 0 Å². The van der Waals surface area contributed by atoms with Gasteiger partial charge in [-0.15, -0.1) is 11.8 Å². The van der Waals surface area contributed by atoms with E-state index >= 15 is 0 Å². The predicted octanol–water partition coefficient (Wildman–Crippen LogP) is 3.52. The number of thioether (sulfide) groups is 1. The van der Waals surface area contributed by atoms with E-state index in [2.05, 4.69) is 70.7 Å². The Morgan fingerprint density at radius 3 is 2.62 bits per heavy atom. The number of nitrogens with zero attached hydrogens (tertiary/aromatic N) is 2. The van der Waals surface area contributed by atoms with Crippen LogP contribution >= 0.6 is 11.8 Å². The minimum absolute atomic E-state index is 0.266. The Morgan fingerprint density at radius 1 is 1.04 bits per heavy atom. The molecule has 1 aliphatic rings. The molecule has 3 nitrogen and oxygen atoms in total. The molecule has 1 atom stereocenters. The fourth-order valence-corrected chi connectivity index (χ4v) is 4.25. The molecule has 0 saturated carbocycles. The van der Waals surface area contributed by atoms with Crippen molar-refractivity contribution in [3.05, 3.63) is 65.7 Å². The van der Waals surface area contributed by atoms with Crippen LogP contribution in [0.3, 0.4) is 0 Å². The molecular formula is C22H30N2OS. The maximum absolute atomic E-state index is 9.52. The lowest BCUT2D eigenvalue weighted by atomic mass is 10.1. The van der Waals surface area contributed by atoms with E-state index in [9.17, 15) is 5.11 Å². The van der Waals surface area contributed by atoms with Crippen molar-refractivity contribution in [2.45, 2.75) is 30.3 Å². The summed E-state index contributed by atoms with van der Waals surface area (Å²) in [4.78, 5) is 6.44. The first-order valence-electron chi connectivity index (χ1n) is 9.52. The van der Waals surface area contributed by atoms with Gasteiger partial charge in [0, 0.05) is 50.3 Å². The molecule has 0 aromatic heterocycles. The first kappa shape index (κ1) is 19.4. The van der Waals surface area contributed by atoms with Crippen LogP contribution in [0, 0.1) is 0 Å². The zero-order valence-electron chi connectivity index (χ0n) is 15.7. The van der Waals surface area contributed by atoms with E-state index in [1.54, 1.807) is 11.8 Å². The van der Waals surface area contributed by atoms with Crippen molar-refractivity contribution in [3.63, 3.8) is 0 Å². The van der Waals surface area contributed by atoms with E-state index < -0.39 is 0 Å². The van der Waals surface area contributed by atoms with Crippen LogP contribution in [0.4, 0.5) is 0 Å². The normalized spacial score (nSPS) is 18.9. The molecule has 2 aromatic rings. The lowest BCUT2D eigenvalue weighted by molar-refractivity contribution is 0.0562. The third kappa shape index (κ3) is 5.58. The number of benzene rings is 2. The highest BCUT2D eigenvalue weighted by molar-refractivity contribution is 7.98. The number of aliphatic hydroxyl groups is 1. The van der Waals surface area contributed by atoms with Gasteiger partial charge in [0.1, 0.15) is 0 Å². The van der Waals surface area contributed by atoms with E-state index in [4.69, 9.17) is 0 Å². The Morgan fingerprint density at radius 2 is 1.85 bits per heavy atom. The molecule has 0 amide bonds. The number of rotatable bonds is 8. The number of piperazine rings is 1. The molecule has 1 unspecified atom stereocenters. The summed E-state index contributed by atoms with van der Waals surface area (Å²) >= 11 is 1.80. The summed E-state index contributed by atoms with van der Waals surface area (Å²) in [7, 11) is 0. The fraction of sp³-hybridized carbons (Fsp3) is 0.455. The number of aliphatic hydroxyl groups excluding tert-OH is 1. The average Bonchev–Trinajstić information content (AvgIpc) is 2.68. The predicted molar refractivity (Wildman–Crippen MR) is 111 cm³/mol. The minimum atomic E-state index is 0.266. The average molecular weight is 371 g/mol. The molecule has 0 aliphatic carbocycles. The topological polar surface area (TPSA) is 26.7 Å². The molecule has 140 valence electrons. The van der Waals surface area contributed by atoms with Gasteiger partial charge in [0.25, 0.3) is 0 Å². The Hall–Kier alpha value is -1.33. The van der Waals surface area contributed by atoms with Crippen molar-refractivity contribution in [3.8, 4) is 0 Å². The largest absolute Gasteiger partial charge is 0.396 e. The van der Waals surface area contributed by atoms with Crippen LogP contribution in [-0.2, 0) is 13.0 Å². The number of hydrogen-bond donors (Lipinski definition) is 1. The Kier molecular flexibility index (Phi) is 7.56. The Bertz CT molecular complexity index is 664. The van der Waals surface area contributed by atoms with Gasteiger partial charge in [-0.3, -0.25) is 9.80 Å². The first-order valence-corrected chi connectivity index (χ1v) is 10.7. The Balaban J connectivity index is 1.56. The highest BCUT2D eigenvalue weighted by Gasteiger charge is 2.26. The van der Waals surface area contributed by atoms with Crippen LogP contribution in [0.15, 0.2) is 59.5 Å². The highest BCUT2D eigenvalue weighted by atomic mass is 32.2. The minimum Gasteiger partial charge on any atom is -0.396 e.